The van der Waals surface area contributed by atoms with Crippen LogP contribution in [0.25, 0.3) is 0 Å². The quantitative estimate of drug-likeness (QED) is 0.244. The Morgan fingerprint density at radius 3 is 2.39 bits per heavy atom. The van der Waals surface area contributed by atoms with Crippen LogP contribution in [0.3, 0.4) is 0 Å². The number of alkyl halides is 1. The lowest BCUT2D eigenvalue weighted by Crippen LogP contribution is -2.51. The van der Waals surface area contributed by atoms with Crippen molar-refractivity contribution in [3.05, 3.63) is 94.2 Å². The molecule has 1 heterocycles. The van der Waals surface area contributed by atoms with Crippen molar-refractivity contribution in [1.82, 2.24) is 10.2 Å². The summed E-state index contributed by atoms with van der Waals surface area (Å²) in [6, 6.07) is 8.60. The van der Waals surface area contributed by atoms with Gasteiger partial charge in [0.1, 0.15) is 5.82 Å². The van der Waals surface area contributed by atoms with Gasteiger partial charge in [0, 0.05) is 30.9 Å². The van der Waals surface area contributed by atoms with Crippen LogP contribution in [0.5, 0.6) is 0 Å². The van der Waals surface area contributed by atoms with Crippen molar-refractivity contribution in [3.8, 4) is 0 Å². The zero-order chi connectivity index (χ0) is 31.2. The lowest BCUT2D eigenvalue weighted by atomic mass is 10.1. The van der Waals surface area contributed by atoms with Gasteiger partial charge in [0.05, 0.1) is 13.5 Å². The number of aliphatic hydroxyl groups excluding tert-OH is 2. The largest absolute Gasteiger partial charge is 0.380 e. The van der Waals surface area contributed by atoms with E-state index in [2.05, 4.69) is 11.9 Å². The Morgan fingerprint density at radius 2 is 1.80 bits per heavy atom. The summed E-state index contributed by atoms with van der Waals surface area (Å²) in [5.74, 6) is -1.76. The normalized spacial score (nSPS) is 12.1. The van der Waals surface area contributed by atoms with E-state index in [9.17, 15) is 33.0 Å². The van der Waals surface area contributed by atoms with Crippen LogP contribution < -0.4 is 5.32 Å². The first kappa shape index (κ1) is 37.8. The molecule has 2 amide bonds. The summed E-state index contributed by atoms with van der Waals surface area (Å²) in [4.78, 5) is 27.5. The molecule has 1 aromatic heterocycles. The number of benzene rings is 1. The van der Waals surface area contributed by atoms with Crippen LogP contribution in [0.15, 0.2) is 72.4 Å². The van der Waals surface area contributed by atoms with Gasteiger partial charge < -0.3 is 20.4 Å². The fourth-order valence-electron chi connectivity index (χ4n) is 3.54. The third-order valence-corrected chi connectivity index (χ3v) is 6.61. The highest BCUT2D eigenvalue weighted by atomic mass is 32.1. The van der Waals surface area contributed by atoms with Crippen molar-refractivity contribution < 1.29 is 33.0 Å². The molecule has 2 atom stereocenters. The number of halogens is 3. The molecule has 0 aliphatic carbocycles. The number of nitrogens with zero attached hydrogens (tertiary/aromatic N) is 1. The van der Waals surface area contributed by atoms with Crippen LogP contribution in [0.1, 0.15) is 49.6 Å². The Morgan fingerprint density at radius 1 is 1.15 bits per heavy atom. The highest BCUT2D eigenvalue weighted by molar-refractivity contribution is 7.10. The predicted molar refractivity (Wildman–Crippen MR) is 161 cm³/mol. The van der Waals surface area contributed by atoms with Crippen LogP contribution in [0, 0.1) is 5.82 Å². The Hall–Kier alpha value is -3.21. The zero-order valence-electron chi connectivity index (χ0n) is 24.3. The number of carbonyl (C=O) groups is 2. The van der Waals surface area contributed by atoms with E-state index >= 15 is 0 Å². The number of hydrogen-bond donors (Lipinski definition) is 3. The number of nitrogens with one attached hydrogen (secondary N) is 1. The molecule has 2 rings (SSSR count). The van der Waals surface area contributed by atoms with Crippen LogP contribution in [-0.4, -0.2) is 65.9 Å². The molecule has 1 aromatic carbocycles. The molecular weight excluding hydrogens is 553 g/mol. The van der Waals surface area contributed by atoms with Gasteiger partial charge in [0.2, 0.25) is 0 Å². The first-order chi connectivity index (χ1) is 19.7. The lowest BCUT2D eigenvalue weighted by Gasteiger charge is -2.27. The molecule has 3 N–H and O–H groups in total. The van der Waals surface area contributed by atoms with Gasteiger partial charge >= 0.3 is 0 Å². The molecule has 0 aliphatic rings. The summed E-state index contributed by atoms with van der Waals surface area (Å²) in [7, 11) is 0.500. The monoisotopic (exact) mass is 596 g/mol. The van der Waals surface area contributed by atoms with Crippen LogP contribution in [-0.2, 0) is 22.4 Å². The van der Waals surface area contributed by atoms with E-state index in [1.54, 1.807) is 37.3 Å². The Kier molecular flexibility index (Phi) is 20.7. The van der Waals surface area contributed by atoms with E-state index in [4.69, 9.17) is 0 Å². The number of rotatable bonds is 14. The van der Waals surface area contributed by atoms with Crippen molar-refractivity contribution >= 4 is 23.2 Å². The molecule has 228 valence electrons. The third-order valence-electron chi connectivity index (χ3n) is 5.57. The average Bonchev–Trinajstić information content (AvgIpc) is 3.43. The maximum atomic E-state index is 13.9. The van der Waals surface area contributed by atoms with Gasteiger partial charge in [-0.3, -0.25) is 14.0 Å². The third kappa shape index (κ3) is 14.8. The molecule has 0 fully saturated rings. The molecule has 0 saturated heterocycles. The maximum absolute atomic E-state index is 13.9. The van der Waals surface area contributed by atoms with Gasteiger partial charge in [0.15, 0.2) is 12.2 Å². The second-order valence-corrected chi connectivity index (χ2v) is 9.85. The topological polar surface area (TPSA) is 89.9 Å². The Bertz CT molecular complexity index is 1100. The van der Waals surface area contributed by atoms with E-state index < -0.39 is 24.0 Å². The van der Waals surface area contributed by atoms with Gasteiger partial charge in [-0.2, -0.15) is 0 Å². The molecule has 0 bridgehead atoms. The van der Waals surface area contributed by atoms with Crippen molar-refractivity contribution in [2.75, 3.05) is 26.8 Å². The van der Waals surface area contributed by atoms with Crippen molar-refractivity contribution in [3.63, 3.8) is 0 Å². The van der Waals surface area contributed by atoms with Crippen LogP contribution in [0.2, 0.25) is 0 Å². The highest BCUT2D eigenvalue weighted by Gasteiger charge is 2.33. The summed E-state index contributed by atoms with van der Waals surface area (Å²) in [5.41, 5.74) is 2.29. The minimum atomic E-state index is -1.87. The number of allylic oxidation sites excluding steroid dienone is 2. The smallest absolute Gasteiger partial charge is 0.254 e. The maximum Gasteiger partial charge on any atom is 0.254 e. The SMILES string of the molecule is C/C=C/F.C=C(/C=C\C)CN(CCCC)C(=O)C(O)C(O)C(=O)NCCc1cc(Cc2ccccc2F)cs1.CF. The van der Waals surface area contributed by atoms with E-state index in [1.807, 2.05) is 25.3 Å². The van der Waals surface area contributed by atoms with E-state index in [0.29, 0.717) is 44.0 Å². The summed E-state index contributed by atoms with van der Waals surface area (Å²) < 4.78 is 33.9. The first-order valence-electron chi connectivity index (χ1n) is 13.3. The number of aliphatic hydroxyl groups is 2. The Labute approximate surface area is 245 Å². The minimum absolute atomic E-state index is 0.210. The lowest BCUT2D eigenvalue weighted by molar-refractivity contribution is -0.152. The van der Waals surface area contributed by atoms with Crippen LogP contribution in [0.4, 0.5) is 13.2 Å². The van der Waals surface area contributed by atoms with Gasteiger partial charge in [0.25, 0.3) is 11.8 Å². The molecule has 2 aromatic rings. The fourth-order valence-corrected chi connectivity index (χ4v) is 4.43. The van der Waals surface area contributed by atoms with E-state index in [-0.39, 0.29) is 18.9 Å². The predicted octanol–water partition coefficient (Wildman–Crippen LogP) is 5.69. The second-order valence-electron chi connectivity index (χ2n) is 8.85. The number of carbonyl (C=O) groups excluding carboxylic acids is 2. The number of hydrogen-bond acceptors (Lipinski definition) is 5. The Balaban J connectivity index is 0.00000244. The van der Waals surface area contributed by atoms with Gasteiger partial charge in [-0.15, -0.1) is 11.3 Å². The summed E-state index contributed by atoms with van der Waals surface area (Å²) >= 11 is 1.51. The summed E-state index contributed by atoms with van der Waals surface area (Å²) in [6.07, 6.45) is 4.25. The zero-order valence-corrected chi connectivity index (χ0v) is 25.1. The van der Waals surface area contributed by atoms with Gasteiger partial charge in [-0.05, 0) is 60.9 Å². The molecule has 0 spiro atoms. The second kappa shape index (κ2) is 22.5. The number of thiophene rings is 1. The van der Waals surface area contributed by atoms with E-state index in [0.717, 1.165) is 23.3 Å². The van der Waals surface area contributed by atoms with Crippen molar-refractivity contribution in [1.29, 1.82) is 0 Å². The first-order valence-corrected chi connectivity index (χ1v) is 14.2. The number of amides is 2. The van der Waals surface area contributed by atoms with Crippen molar-refractivity contribution in [2.45, 2.75) is 58.7 Å². The van der Waals surface area contributed by atoms with Crippen LogP contribution >= 0.6 is 11.3 Å². The fraction of sp³-hybridized carbons (Fsp3) is 0.419. The molecule has 0 saturated carbocycles. The molecule has 0 radical (unpaired) electrons. The molecule has 41 heavy (non-hydrogen) atoms. The average molecular weight is 597 g/mol. The van der Waals surface area contributed by atoms with E-state index in [1.165, 1.54) is 28.4 Å². The molecule has 2 unspecified atom stereocenters. The minimum Gasteiger partial charge on any atom is -0.380 e. The molecular formula is C31H43F3N2O4S. The highest BCUT2D eigenvalue weighted by Crippen LogP contribution is 2.20. The molecule has 6 nitrogen and oxygen atoms in total. The van der Waals surface area contributed by atoms with Crippen molar-refractivity contribution in [2.24, 2.45) is 0 Å². The van der Waals surface area contributed by atoms with Gasteiger partial charge in [-0.25, -0.2) is 8.78 Å². The standard InChI is InChI=1S/C27H35FN2O4S.C3H5F.CH3F/c1-4-6-14-30(17-19(3)9-5-2)27(34)25(32)24(31)26(33)29-13-12-22-16-20(18-35-22)15-21-10-7-8-11-23(21)28;1-2-3-4;1-2/h5,7-11,16,18,24-25,31-32H,3-4,6,12-15,17H2,1-2H3,(H,29,33);2-3H,1H3;1H3/b9-5-;3-2+;. The molecule has 10 heteroatoms. The summed E-state index contributed by atoms with van der Waals surface area (Å²) in [5, 5.41) is 25.2. The molecule has 0 aliphatic heterocycles. The summed E-state index contributed by atoms with van der Waals surface area (Å²) in [6.45, 7) is 10.2. The number of unbranched alkanes of at least 4 members (excludes halogenated alkanes) is 1. The van der Waals surface area contributed by atoms with Gasteiger partial charge in [-0.1, -0.05) is 56.4 Å².